The fourth-order valence-electron chi connectivity index (χ4n) is 2.16. The Morgan fingerprint density at radius 3 is 2.60 bits per heavy atom. The Kier molecular flexibility index (Phi) is 4.00. The molecule has 1 heterocycles. The number of nitrogens with two attached hydrogens (primary N) is 1. The topological polar surface area (TPSA) is 87.3 Å². The molecule has 0 atom stereocenters. The molecule has 0 saturated heterocycles. The number of hydrogen-bond donors (Lipinski definition) is 3. The van der Waals surface area contributed by atoms with Crippen LogP contribution >= 0.6 is 0 Å². The Labute approximate surface area is 113 Å². The summed E-state index contributed by atoms with van der Waals surface area (Å²) in [5.74, 6) is 4.20. The summed E-state index contributed by atoms with van der Waals surface area (Å²) in [4.78, 5) is 8.41. The molecule has 2 rings (SSSR count). The van der Waals surface area contributed by atoms with Gasteiger partial charge in [-0.2, -0.15) is 13.2 Å². The summed E-state index contributed by atoms with van der Waals surface area (Å²) in [6.45, 7) is 0.523. The summed E-state index contributed by atoms with van der Waals surface area (Å²) >= 11 is 0. The lowest BCUT2D eigenvalue weighted by Gasteiger charge is -2.34. The smallest absolute Gasteiger partial charge is 0.393 e. The van der Waals surface area contributed by atoms with E-state index in [1.54, 1.807) is 11.9 Å². The molecule has 1 fully saturated rings. The van der Waals surface area contributed by atoms with Gasteiger partial charge in [-0.15, -0.1) is 0 Å². The van der Waals surface area contributed by atoms with Crippen LogP contribution in [-0.2, 0) is 6.18 Å². The highest BCUT2D eigenvalue weighted by molar-refractivity contribution is 5.48. The summed E-state index contributed by atoms with van der Waals surface area (Å²) in [5, 5.41) is 9.22. The number of nitrogens with one attached hydrogen (secondary N) is 1. The highest BCUT2D eigenvalue weighted by Gasteiger charge is 2.36. The molecule has 1 aromatic rings. The van der Waals surface area contributed by atoms with Crippen molar-refractivity contribution in [1.29, 1.82) is 0 Å². The van der Waals surface area contributed by atoms with E-state index < -0.39 is 12.0 Å². The summed E-state index contributed by atoms with van der Waals surface area (Å²) in [6, 6.07) is 1.35. The molecule has 6 nitrogen and oxygen atoms in total. The van der Waals surface area contributed by atoms with Crippen LogP contribution in [0.2, 0.25) is 0 Å². The van der Waals surface area contributed by atoms with Gasteiger partial charge in [0.05, 0.1) is 6.10 Å². The second kappa shape index (κ2) is 5.41. The molecule has 0 bridgehead atoms. The van der Waals surface area contributed by atoms with E-state index in [4.69, 9.17) is 5.84 Å². The number of hydrogen-bond acceptors (Lipinski definition) is 6. The molecule has 112 valence electrons. The van der Waals surface area contributed by atoms with Crippen LogP contribution in [0.4, 0.5) is 24.8 Å². The maximum absolute atomic E-state index is 12.7. The monoisotopic (exact) mass is 291 g/mol. The molecule has 1 aromatic heterocycles. The van der Waals surface area contributed by atoms with Crippen molar-refractivity contribution in [2.45, 2.75) is 25.1 Å². The minimum Gasteiger partial charge on any atom is -0.393 e. The second-order valence-electron chi connectivity index (χ2n) is 4.95. The number of alkyl halides is 3. The second-order valence-corrected chi connectivity index (χ2v) is 4.95. The first-order valence-electron chi connectivity index (χ1n) is 6.11. The van der Waals surface area contributed by atoms with E-state index >= 15 is 0 Å². The first kappa shape index (κ1) is 14.8. The SMILES string of the molecule is CN(CC1CC(O)C1)c1cc(NN)nc(C(F)(F)F)n1. The van der Waals surface area contributed by atoms with Crippen LogP contribution in [0.3, 0.4) is 0 Å². The van der Waals surface area contributed by atoms with Gasteiger partial charge in [0.1, 0.15) is 11.6 Å². The molecule has 0 spiro atoms. The number of hydrazine groups is 1. The molecule has 0 aromatic carbocycles. The first-order chi connectivity index (χ1) is 9.29. The Bertz CT molecular complexity index is 476. The zero-order valence-corrected chi connectivity index (χ0v) is 10.9. The average molecular weight is 291 g/mol. The molecule has 1 aliphatic carbocycles. The summed E-state index contributed by atoms with van der Waals surface area (Å²) < 4.78 is 38.1. The maximum atomic E-state index is 12.7. The molecule has 0 unspecified atom stereocenters. The third-order valence-corrected chi connectivity index (χ3v) is 3.25. The zero-order chi connectivity index (χ0) is 14.9. The Morgan fingerprint density at radius 2 is 2.10 bits per heavy atom. The highest BCUT2D eigenvalue weighted by atomic mass is 19.4. The standard InChI is InChI=1S/C11H16F3N5O/c1-19(5-6-2-7(20)3-6)9-4-8(18-15)16-10(17-9)11(12,13)14/h4,6-7,20H,2-3,5,15H2,1H3,(H,16,17,18). The molecular formula is C11H16F3N5O. The normalized spacial score (nSPS) is 22.3. The van der Waals surface area contributed by atoms with E-state index in [0.717, 1.165) is 0 Å². The van der Waals surface area contributed by atoms with Gasteiger partial charge in [-0.1, -0.05) is 0 Å². The number of rotatable bonds is 4. The maximum Gasteiger partial charge on any atom is 0.451 e. The molecule has 1 saturated carbocycles. The van der Waals surface area contributed by atoms with Gasteiger partial charge in [-0.05, 0) is 18.8 Å². The van der Waals surface area contributed by atoms with Crippen LogP contribution in [0.5, 0.6) is 0 Å². The van der Waals surface area contributed by atoms with Crippen molar-refractivity contribution >= 4 is 11.6 Å². The fraction of sp³-hybridized carbons (Fsp3) is 0.636. The third kappa shape index (κ3) is 3.28. The minimum absolute atomic E-state index is 0.0946. The lowest BCUT2D eigenvalue weighted by molar-refractivity contribution is -0.144. The van der Waals surface area contributed by atoms with Gasteiger partial charge in [0.25, 0.3) is 0 Å². The van der Waals surface area contributed by atoms with Crippen LogP contribution in [-0.4, -0.2) is 34.8 Å². The average Bonchev–Trinajstić information content (AvgIpc) is 2.35. The number of halogens is 3. The molecular weight excluding hydrogens is 275 g/mol. The van der Waals surface area contributed by atoms with E-state index in [2.05, 4.69) is 15.4 Å². The van der Waals surface area contributed by atoms with Crippen molar-refractivity contribution < 1.29 is 18.3 Å². The number of aliphatic hydroxyl groups excluding tert-OH is 1. The molecule has 0 amide bonds. The highest BCUT2D eigenvalue weighted by Crippen LogP contribution is 2.31. The van der Waals surface area contributed by atoms with Crippen LogP contribution in [0.1, 0.15) is 18.7 Å². The number of nitrogens with zero attached hydrogens (tertiary/aromatic N) is 3. The number of nitrogen functional groups attached to an aromatic ring is 1. The molecule has 4 N–H and O–H groups in total. The molecule has 9 heteroatoms. The van der Waals surface area contributed by atoms with Crippen molar-refractivity contribution in [3.63, 3.8) is 0 Å². The molecule has 1 aliphatic rings. The van der Waals surface area contributed by atoms with Crippen molar-refractivity contribution in [3.05, 3.63) is 11.9 Å². The van der Waals surface area contributed by atoms with Gasteiger partial charge >= 0.3 is 6.18 Å². The van der Waals surface area contributed by atoms with Crippen LogP contribution in [0, 0.1) is 5.92 Å². The largest absolute Gasteiger partial charge is 0.451 e. The fourth-order valence-corrected chi connectivity index (χ4v) is 2.16. The predicted octanol–water partition coefficient (Wildman–Crippen LogP) is 0.988. The van der Waals surface area contributed by atoms with E-state index in [1.807, 2.05) is 0 Å². The van der Waals surface area contributed by atoms with E-state index in [9.17, 15) is 18.3 Å². The van der Waals surface area contributed by atoms with Gasteiger partial charge < -0.3 is 15.4 Å². The summed E-state index contributed by atoms with van der Waals surface area (Å²) in [7, 11) is 1.65. The Morgan fingerprint density at radius 1 is 1.45 bits per heavy atom. The Hall–Kier alpha value is -1.61. The van der Waals surface area contributed by atoms with Crippen LogP contribution in [0.25, 0.3) is 0 Å². The van der Waals surface area contributed by atoms with E-state index in [1.165, 1.54) is 6.07 Å². The summed E-state index contributed by atoms with van der Waals surface area (Å²) in [5.41, 5.74) is 2.11. The first-order valence-corrected chi connectivity index (χ1v) is 6.11. The quantitative estimate of drug-likeness (QED) is 0.566. The van der Waals surface area contributed by atoms with Gasteiger partial charge in [-0.25, -0.2) is 15.8 Å². The lowest BCUT2D eigenvalue weighted by atomic mass is 9.82. The van der Waals surface area contributed by atoms with Gasteiger partial charge in [0.15, 0.2) is 0 Å². The van der Waals surface area contributed by atoms with Crippen molar-refractivity contribution in [2.75, 3.05) is 23.9 Å². The minimum atomic E-state index is -4.63. The van der Waals surface area contributed by atoms with Crippen LogP contribution in [0.15, 0.2) is 6.07 Å². The molecule has 20 heavy (non-hydrogen) atoms. The summed E-state index contributed by atoms with van der Waals surface area (Å²) in [6.07, 6.45) is -3.62. The number of aromatic nitrogens is 2. The number of aliphatic hydroxyl groups is 1. The van der Waals surface area contributed by atoms with Crippen molar-refractivity contribution in [2.24, 2.45) is 11.8 Å². The van der Waals surface area contributed by atoms with Crippen molar-refractivity contribution in [3.8, 4) is 0 Å². The van der Waals surface area contributed by atoms with Gasteiger partial charge in [0.2, 0.25) is 5.82 Å². The Balaban J connectivity index is 2.17. The van der Waals surface area contributed by atoms with Gasteiger partial charge in [-0.3, -0.25) is 0 Å². The molecule has 0 aliphatic heterocycles. The van der Waals surface area contributed by atoms with Crippen molar-refractivity contribution in [1.82, 2.24) is 9.97 Å². The lowest BCUT2D eigenvalue weighted by Crippen LogP contribution is -2.37. The van der Waals surface area contributed by atoms with Gasteiger partial charge in [0, 0.05) is 19.7 Å². The van der Waals surface area contributed by atoms with E-state index in [-0.39, 0.29) is 23.7 Å². The predicted molar refractivity (Wildman–Crippen MR) is 66.8 cm³/mol. The third-order valence-electron chi connectivity index (χ3n) is 3.25. The number of anilines is 2. The molecule has 0 radical (unpaired) electrons. The van der Waals surface area contributed by atoms with Crippen LogP contribution < -0.4 is 16.2 Å². The van der Waals surface area contributed by atoms with E-state index in [0.29, 0.717) is 19.4 Å². The zero-order valence-electron chi connectivity index (χ0n) is 10.9.